The van der Waals surface area contributed by atoms with Gasteiger partial charge >= 0.3 is 0 Å². The number of rotatable bonds is 9. The van der Waals surface area contributed by atoms with Crippen LogP contribution >= 0.6 is 11.6 Å². The van der Waals surface area contributed by atoms with Gasteiger partial charge in [-0.2, -0.15) is 0 Å². The van der Waals surface area contributed by atoms with Crippen molar-refractivity contribution in [1.29, 1.82) is 0 Å². The summed E-state index contributed by atoms with van der Waals surface area (Å²) in [4.78, 5) is 14.5. The highest BCUT2D eigenvalue weighted by Crippen LogP contribution is 2.24. The molecule has 0 aromatic heterocycles. The Labute approximate surface area is 154 Å². The summed E-state index contributed by atoms with van der Waals surface area (Å²) in [6.45, 7) is 3.40. The minimum Gasteiger partial charge on any atom is -0.479 e. The van der Waals surface area contributed by atoms with Gasteiger partial charge in [-0.3, -0.25) is 4.79 Å². The first kappa shape index (κ1) is 19.1. The summed E-state index contributed by atoms with van der Waals surface area (Å²) in [5.41, 5.74) is 1.17. The SMILES string of the molecule is CCC(Oc1ccccc1Cl)C(=O)NCCCN(C)c1ccccc1. The van der Waals surface area contributed by atoms with Gasteiger partial charge in [0.15, 0.2) is 6.10 Å². The maximum atomic E-state index is 12.3. The highest BCUT2D eigenvalue weighted by atomic mass is 35.5. The van der Waals surface area contributed by atoms with E-state index in [1.165, 1.54) is 5.69 Å². The Hall–Kier alpha value is -2.20. The second-order valence-electron chi connectivity index (χ2n) is 5.85. The van der Waals surface area contributed by atoms with Crippen LogP contribution in [0.15, 0.2) is 54.6 Å². The molecule has 2 aromatic carbocycles. The Bertz CT molecular complexity index is 664. The molecular weight excluding hydrogens is 336 g/mol. The van der Waals surface area contributed by atoms with Crippen LogP contribution in [0.5, 0.6) is 5.75 Å². The summed E-state index contributed by atoms with van der Waals surface area (Å²) in [6.07, 6.45) is 0.910. The number of hydrogen-bond acceptors (Lipinski definition) is 3. The Morgan fingerprint density at radius 1 is 1.16 bits per heavy atom. The van der Waals surface area contributed by atoms with E-state index < -0.39 is 6.10 Å². The first-order valence-corrected chi connectivity index (χ1v) is 8.94. The first-order valence-electron chi connectivity index (χ1n) is 8.57. The van der Waals surface area contributed by atoms with Gasteiger partial charge < -0.3 is 15.0 Å². The van der Waals surface area contributed by atoms with Gasteiger partial charge in [0.25, 0.3) is 5.91 Å². The number of nitrogens with one attached hydrogen (secondary N) is 1. The topological polar surface area (TPSA) is 41.6 Å². The van der Waals surface area contributed by atoms with Gasteiger partial charge in [-0.25, -0.2) is 0 Å². The summed E-state index contributed by atoms with van der Waals surface area (Å²) in [5.74, 6) is 0.430. The van der Waals surface area contributed by atoms with Gasteiger partial charge in [0, 0.05) is 25.8 Å². The molecule has 4 nitrogen and oxygen atoms in total. The average molecular weight is 361 g/mol. The Kier molecular flexibility index (Phi) is 7.61. The number of para-hydroxylation sites is 2. The number of nitrogens with zero attached hydrogens (tertiary/aromatic N) is 1. The molecule has 1 N–H and O–H groups in total. The standard InChI is InChI=1S/C20H25ClN2O2/c1-3-18(25-19-13-8-7-12-17(19)21)20(24)22-14-9-15-23(2)16-10-5-4-6-11-16/h4-8,10-13,18H,3,9,14-15H2,1-2H3,(H,22,24). The quantitative estimate of drug-likeness (QED) is 0.683. The second-order valence-corrected chi connectivity index (χ2v) is 6.25. The number of halogens is 1. The molecule has 0 radical (unpaired) electrons. The van der Waals surface area contributed by atoms with Crippen LogP contribution in [0, 0.1) is 0 Å². The highest BCUT2D eigenvalue weighted by molar-refractivity contribution is 6.32. The summed E-state index contributed by atoms with van der Waals surface area (Å²) in [6, 6.07) is 17.4. The zero-order valence-electron chi connectivity index (χ0n) is 14.7. The van der Waals surface area contributed by atoms with Gasteiger partial charge in [-0.1, -0.05) is 48.9 Å². The monoisotopic (exact) mass is 360 g/mol. The van der Waals surface area contributed by atoms with Crippen LogP contribution in [0.25, 0.3) is 0 Å². The minimum absolute atomic E-state index is 0.107. The molecule has 1 unspecified atom stereocenters. The third-order valence-electron chi connectivity index (χ3n) is 3.94. The van der Waals surface area contributed by atoms with Crippen LogP contribution in [0.4, 0.5) is 5.69 Å². The van der Waals surface area contributed by atoms with Gasteiger partial charge in [0.2, 0.25) is 0 Å². The molecule has 5 heteroatoms. The minimum atomic E-state index is -0.535. The van der Waals surface area contributed by atoms with Crippen molar-refractivity contribution < 1.29 is 9.53 Å². The largest absolute Gasteiger partial charge is 0.479 e. The molecule has 0 saturated carbocycles. The van der Waals surface area contributed by atoms with Gasteiger partial charge in [0.1, 0.15) is 5.75 Å². The lowest BCUT2D eigenvalue weighted by Gasteiger charge is -2.20. The van der Waals surface area contributed by atoms with E-state index in [9.17, 15) is 4.79 Å². The Morgan fingerprint density at radius 3 is 2.52 bits per heavy atom. The summed E-state index contributed by atoms with van der Waals surface area (Å²) < 4.78 is 5.75. The molecule has 0 fully saturated rings. The van der Waals surface area contributed by atoms with E-state index in [0.717, 1.165) is 13.0 Å². The van der Waals surface area contributed by atoms with Crippen molar-refractivity contribution in [2.24, 2.45) is 0 Å². The predicted molar refractivity (Wildman–Crippen MR) is 103 cm³/mol. The fourth-order valence-corrected chi connectivity index (χ4v) is 2.65. The van der Waals surface area contributed by atoms with E-state index in [-0.39, 0.29) is 5.91 Å². The number of hydrogen-bond donors (Lipinski definition) is 1. The van der Waals surface area contributed by atoms with Crippen LogP contribution in [-0.2, 0) is 4.79 Å². The van der Waals surface area contributed by atoms with Crippen molar-refractivity contribution >= 4 is 23.2 Å². The third-order valence-corrected chi connectivity index (χ3v) is 4.25. The molecule has 0 spiro atoms. The fourth-order valence-electron chi connectivity index (χ4n) is 2.47. The third kappa shape index (κ3) is 5.98. The number of carbonyl (C=O) groups excluding carboxylic acids is 1. The van der Waals surface area contributed by atoms with E-state index in [1.54, 1.807) is 12.1 Å². The molecule has 1 amide bonds. The molecular formula is C20H25ClN2O2. The number of anilines is 1. The van der Waals surface area contributed by atoms with Crippen molar-refractivity contribution in [3.8, 4) is 5.75 Å². The van der Waals surface area contributed by atoms with Crippen LogP contribution in [0.3, 0.4) is 0 Å². The zero-order valence-corrected chi connectivity index (χ0v) is 15.5. The van der Waals surface area contributed by atoms with E-state index >= 15 is 0 Å². The normalized spacial score (nSPS) is 11.6. The molecule has 0 aliphatic heterocycles. The molecule has 0 saturated heterocycles. The molecule has 1 atom stereocenters. The molecule has 2 aromatic rings. The lowest BCUT2D eigenvalue weighted by Crippen LogP contribution is -2.39. The zero-order chi connectivity index (χ0) is 18.1. The van der Waals surface area contributed by atoms with Crippen LogP contribution in [0.2, 0.25) is 5.02 Å². The van der Waals surface area contributed by atoms with Crippen molar-refractivity contribution in [1.82, 2.24) is 5.32 Å². The lowest BCUT2D eigenvalue weighted by atomic mass is 10.2. The number of benzene rings is 2. The van der Waals surface area contributed by atoms with Crippen LogP contribution < -0.4 is 15.0 Å². The van der Waals surface area contributed by atoms with Crippen molar-refractivity contribution in [2.45, 2.75) is 25.9 Å². The molecule has 0 bridgehead atoms. The molecule has 25 heavy (non-hydrogen) atoms. The van der Waals surface area contributed by atoms with Gasteiger partial charge in [-0.15, -0.1) is 0 Å². The molecule has 134 valence electrons. The maximum absolute atomic E-state index is 12.3. The van der Waals surface area contributed by atoms with E-state index in [2.05, 4.69) is 22.3 Å². The fraction of sp³-hybridized carbons (Fsp3) is 0.350. The van der Waals surface area contributed by atoms with Crippen molar-refractivity contribution in [3.63, 3.8) is 0 Å². The number of ether oxygens (including phenoxy) is 1. The van der Waals surface area contributed by atoms with E-state index in [1.807, 2.05) is 44.3 Å². The average Bonchev–Trinajstić information content (AvgIpc) is 2.65. The summed E-state index contributed by atoms with van der Waals surface area (Å²) in [5, 5.41) is 3.46. The Balaban J connectivity index is 1.75. The summed E-state index contributed by atoms with van der Waals surface area (Å²) in [7, 11) is 2.05. The molecule has 2 rings (SSSR count). The van der Waals surface area contributed by atoms with Gasteiger partial charge in [-0.05, 0) is 37.1 Å². The van der Waals surface area contributed by atoms with E-state index in [0.29, 0.717) is 23.7 Å². The van der Waals surface area contributed by atoms with Crippen LogP contribution in [0.1, 0.15) is 19.8 Å². The molecule has 0 aliphatic carbocycles. The van der Waals surface area contributed by atoms with Crippen molar-refractivity contribution in [3.05, 3.63) is 59.6 Å². The van der Waals surface area contributed by atoms with Crippen molar-refractivity contribution in [2.75, 3.05) is 25.0 Å². The van der Waals surface area contributed by atoms with Gasteiger partial charge in [0.05, 0.1) is 5.02 Å². The maximum Gasteiger partial charge on any atom is 0.261 e. The van der Waals surface area contributed by atoms with Crippen LogP contribution in [-0.4, -0.2) is 32.1 Å². The summed E-state index contributed by atoms with van der Waals surface area (Å²) >= 11 is 6.09. The lowest BCUT2D eigenvalue weighted by molar-refractivity contribution is -0.128. The molecule has 0 heterocycles. The van der Waals surface area contributed by atoms with E-state index in [4.69, 9.17) is 16.3 Å². The second kappa shape index (κ2) is 9.94. The predicted octanol–water partition coefficient (Wildman–Crippen LogP) is 4.14. The Morgan fingerprint density at radius 2 is 1.84 bits per heavy atom. The smallest absolute Gasteiger partial charge is 0.261 e. The first-order chi connectivity index (χ1) is 12.1. The molecule has 0 aliphatic rings. The number of carbonyl (C=O) groups is 1. The highest BCUT2D eigenvalue weighted by Gasteiger charge is 2.18. The number of amides is 1.